The van der Waals surface area contributed by atoms with Crippen LogP contribution in [0.1, 0.15) is 43.8 Å². The lowest BCUT2D eigenvalue weighted by molar-refractivity contribution is -0.162. The van der Waals surface area contributed by atoms with Crippen LogP contribution in [-0.2, 0) is 33.4 Å². The first kappa shape index (κ1) is 34.8. The number of unbranched alkanes of at least 4 members (excludes halogenated alkanes) is 2. The predicted octanol–water partition coefficient (Wildman–Crippen LogP) is 3.75. The summed E-state index contributed by atoms with van der Waals surface area (Å²) < 4.78 is 18.3. The number of nitrogens with zero attached hydrogens (tertiary/aromatic N) is 2. The highest BCUT2D eigenvalue weighted by molar-refractivity contribution is 6.30. The van der Waals surface area contributed by atoms with Crippen LogP contribution in [0.3, 0.4) is 0 Å². The first-order chi connectivity index (χ1) is 23.8. The zero-order chi connectivity index (χ0) is 34.5. The number of aliphatic hydroxyl groups is 1. The molecule has 6 rings (SSSR count). The third kappa shape index (κ3) is 6.90. The maximum absolute atomic E-state index is 14.9. The Morgan fingerprint density at radius 1 is 1.00 bits per heavy atom. The van der Waals surface area contributed by atoms with Crippen LogP contribution in [0, 0.1) is 11.8 Å². The Morgan fingerprint density at radius 3 is 2.51 bits per heavy atom. The summed E-state index contributed by atoms with van der Waals surface area (Å²) in [5.41, 5.74) is -0.173. The number of allylic oxidation sites excluding steroid dienone is 1. The van der Waals surface area contributed by atoms with Gasteiger partial charge in [0.05, 0.1) is 24.7 Å². The quantitative estimate of drug-likeness (QED) is 0.231. The summed E-state index contributed by atoms with van der Waals surface area (Å²) in [4.78, 5) is 60.0. The molecule has 49 heavy (non-hydrogen) atoms. The van der Waals surface area contributed by atoms with Gasteiger partial charge in [0.2, 0.25) is 11.8 Å². The Balaban J connectivity index is 1.43. The summed E-state index contributed by atoms with van der Waals surface area (Å²) in [6, 6.07) is 14.2. The summed E-state index contributed by atoms with van der Waals surface area (Å²) in [6.45, 7) is 0.496. The molecule has 11 nitrogen and oxygen atoms in total. The number of benzene rings is 2. The smallest absolute Gasteiger partial charge is 0.313 e. The van der Waals surface area contributed by atoms with E-state index >= 15 is 0 Å². The number of hydrogen-bond acceptors (Lipinski definition) is 8. The van der Waals surface area contributed by atoms with Gasteiger partial charge in [-0.25, -0.2) is 0 Å². The predicted molar refractivity (Wildman–Crippen MR) is 181 cm³/mol. The second kappa shape index (κ2) is 15.2. The highest BCUT2D eigenvalue weighted by Crippen LogP contribution is 2.56. The molecule has 0 radical (unpaired) electrons. The molecule has 0 aromatic heterocycles. The molecule has 3 amide bonds. The van der Waals surface area contributed by atoms with Crippen LogP contribution in [0.5, 0.6) is 0 Å². The van der Waals surface area contributed by atoms with Gasteiger partial charge in [-0.3, -0.25) is 19.2 Å². The normalized spacial score (nSPS) is 30.8. The molecule has 4 aliphatic heterocycles. The first-order valence-electron chi connectivity index (χ1n) is 16.8. The van der Waals surface area contributed by atoms with Gasteiger partial charge in [-0.2, -0.15) is 0 Å². The molecule has 0 aliphatic carbocycles. The average Bonchev–Trinajstić information content (AvgIpc) is 3.74. The number of hydrogen-bond donors (Lipinski definition) is 2. The van der Waals surface area contributed by atoms with Gasteiger partial charge < -0.3 is 34.4 Å². The fraction of sp³-hybridized carbons (Fsp3) is 0.459. The summed E-state index contributed by atoms with van der Waals surface area (Å²) in [6.07, 6.45) is 7.79. The fourth-order valence-corrected chi connectivity index (χ4v) is 7.65. The Morgan fingerprint density at radius 2 is 1.78 bits per heavy atom. The van der Waals surface area contributed by atoms with E-state index in [9.17, 15) is 24.3 Å². The minimum atomic E-state index is -1.40. The molecular weight excluding hydrogens is 650 g/mol. The van der Waals surface area contributed by atoms with Gasteiger partial charge in [-0.1, -0.05) is 66.2 Å². The minimum Gasteiger partial charge on any atom is -0.455 e. The zero-order valence-electron chi connectivity index (χ0n) is 27.4. The number of fused-ring (bicyclic) bond motifs is 2. The molecule has 7 atom stereocenters. The molecule has 1 spiro atoms. The van der Waals surface area contributed by atoms with Crippen LogP contribution in [-0.4, -0.2) is 90.9 Å². The number of carbonyl (C=O) groups excluding carboxylic acids is 4. The molecule has 2 aromatic carbocycles. The lowest BCUT2D eigenvalue weighted by Crippen LogP contribution is -2.56. The number of likely N-dealkylation sites (tertiary alicyclic amines) is 1. The van der Waals surface area contributed by atoms with E-state index in [1.165, 1.54) is 7.11 Å². The molecule has 4 aliphatic rings. The van der Waals surface area contributed by atoms with Gasteiger partial charge in [0.1, 0.15) is 23.7 Å². The van der Waals surface area contributed by atoms with Crippen molar-refractivity contribution in [3.8, 4) is 0 Å². The SMILES string of the molecule is COC[C@H]1NC(=O)CC/C=C\CN(c2ccc(Cl)cc2)C(=O)[C@@H]2N(CCCCCO)C(=O)[C@H]3[C@H](C(=O)O[C@@H]1c1ccccc1)[C@@H]1C=C[C@]23O1. The van der Waals surface area contributed by atoms with E-state index in [0.29, 0.717) is 42.0 Å². The lowest BCUT2D eigenvalue weighted by Gasteiger charge is -2.36. The van der Waals surface area contributed by atoms with Crippen LogP contribution in [0.2, 0.25) is 5.02 Å². The van der Waals surface area contributed by atoms with Crippen LogP contribution < -0.4 is 10.2 Å². The second-order valence-electron chi connectivity index (χ2n) is 12.8. The van der Waals surface area contributed by atoms with E-state index in [4.69, 9.17) is 25.8 Å². The molecule has 260 valence electrons. The lowest BCUT2D eigenvalue weighted by atomic mass is 9.74. The highest BCUT2D eigenvalue weighted by atomic mass is 35.5. The van der Waals surface area contributed by atoms with Gasteiger partial charge in [-0.05, 0) is 55.5 Å². The van der Waals surface area contributed by atoms with Crippen molar-refractivity contribution in [2.45, 2.75) is 62.0 Å². The van der Waals surface area contributed by atoms with E-state index in [1.807, 2.05) is 42.5 Å². The number of methoxy groups -OCH3 is 1. The highest BCUT2D eigenvalue weighted by Gasteiger charge is 2.73. The molecule has 0 unspecified atom stereocenters. The number of rotatable bonds is 9. The average molecular weight is 692 g/mol. The number of carbonyl (C=O) groups is 4. The van der Waals surface area contributed by atoms with Gasteiger partial charge in [-0.15, -0.1) is 0 Å². The molecule has 0 saturated carbocycles. The molecule has 5 bridgehead atoms. The summed E-state index contributed by atoms with van der Waals surface area (Å²) in [7, 11) is 1.51. The number of esters is 1. The Labute approximate surface area is 290 Å². The number of nitrogens with one attached hydrogen (secondary N) is 1. The number of halogens is 1. The maximum atomic E-state index is 14.9. The summed E-state index contributed by atoms with van der Waals surface area (Å²) >= 11 is 6.20. The summed E-state index contributed by atoms with van der Waals surface area (Å²) in [5.74, 6) is -3.68. The third-order valence-corrected chi connectivity index (χ3v) is 10.0. The van der Waals surface area contributed by atoms with Crippen LogP contribution in [0.15, 0.2) is 78.9 Å². The number of aliphatic hydroxyl groups excluding tert-OH is 1. The number of ether oxygens (including phenoxy) is 3. The van der Waals surface area contributed by atoms with E-state index in [-0.39, 0.29) is 50.4 Å². The van der Waals surface area contributed by atoms with Crippen molar-refractivity contribution in [3.05, 3.63) is 89.5 Å². The first-order valence-corrected chi connectivity index (χ1v) is 17.2. The monoisotopic (exact) mass is 691 g/mol. The van der Waals surface area contributed by atoms with Crippen molar-refractivity contribution in [3.63, 3.8) is 0 Å². The Bertz CT molecular complexity index is 1580. The van der Waals surface area contributed by atoms with Crippen LogP contribution in [0.4, 0.5) is 5.69 Å². The van der Waals surface area contributed by atoms with Crippen molar-refractivity contribution < 1.29 is 38.5 Å². The van der Waals surface area contributed by atoms with Gasteiger partial charge in [0.25, 0.3) is 5.91 Å². The van der Waals surface area contributed by atoms with E-state index < -0.39 is 47.7 Å². The van der Waals surface area contributed by atoms with Crippen molar-refractivity contribution in [2.24, 2.45) is 11.8 Å². The Hall–Kier alpha value is -4.03. The molecule has 2 fully saturated rings. The number of anilines is 1. The largest absolute Gasteiger partial charge is 0.455 e. The minimum absolute atomic E-state index is 0.0219. The van der Waals surface area contributed by atoms with Gasteiger partial charge >= 0.3 is 5.97 Å². The zero-order valence-corrected chi connectivity index (χ0v) is 28.2. The van der Waals surface area contributed by atoms with Gasteiger partial charge in [0.15, 0.2) is 0 Å². The molecule has 4 heterocycles. The van der Waals surface area contributed by atoms with E-state index in [0.717, 1.165) is 0 Å². The molecular formula is C37H42ClN3O8. The van der Waals surface area contributed by atoms with Gasteiger partial charge in [0, 0.05) is 43.9 Å². The van der Waals surface area contributed by atoms with Crippen molar-refractivity contribution >= 4 is 41.0 Å². The number of cyclic esters (lactones) is 1. The molecule has 2 N–H and O–H groups in total. The fourth-order valence-electron chi connectivity index (χ4n) is 7.52. The van der Waals surface area contributed by atoms with E-state index in [1.54, 1.807) is 46.2 Å². The van der Waals surface area contributed by atoms with Crippen LogP contribution in [0.25, 0.3) is 0 Å². The Kier molecular flexibility index (Phi) is 10.8. The standard InChI is InChI=1S/C37H42ClN3O8/c1-47-23-27-32(24-11-5-2-6-12-24)48-36(46)30-28-18-19-37(49-28)31(30)34(44)41(21-9-4-10-22-42)33(37)35(45)40(26-16-14-25(38)15-17-26)20-8-3-7-13-29(43)39-27/h2-3,5-6,8,11-12,14-19,27-28,30-33,42H,4,7,9-10,13,20-23H2,1H3,(H,39,43)/b8-3-/t27-,28+,30-,31-,32-,33+,37-/m1/s1. The van der Waals surface area contributed by atoms with Crippen molar-refractivity contribution in [1.82, 2.24) is 10.2 Å². The molecule has 2 aromatic rings. The topological polar surface area (TPSA) is 135 Å². The van der Waals surface area contributed by atoms with Crippen molar-refractivity contribution in [2.75, 3.05) is 38.3 Å². The second-order valence-corrected chi connectivity index (χ2v) is 13.3. The number of amides is 3. The molecule has 12 heteroatoms. The maximum Gasteiger partial charge on any atom is 0.313 e. The summed E-state index contributed by atoms with van der Waals surface area (Å²) in [5, 5.41) is 12.9. The third-order valence-electron chi connectivity index (χ3n) is 9.76. The van der Waals surface area contributed by atoms with Crippen molar-refractivity contribution in [1.29, 1.82) is 0 Å². The van der Waals surface area contributed by atoms with E-state index in [2.05, 4.69) is 5.32 Å². The molecule has 2 saturated heterocycles. The van der Waals surface area contributed by atoms with Crippen LogP contribution >= 0.6 is 11.6 Å².